The van der Waals surface area contributed by atoms with Crippen LogP contribution in [0.4, 0.5) is 4.79 Å². The van der Waals surface area contributed by atoms with Gasteiger partial charge in [0.1, 0.15) is 17.2 Å². The Balaban J connectivity index is 1.92. The third-order valence-electron chi connectivity index (χ3n) is 4.69. The molecule has 3 aromatic rings. The monoisotopic (exact) mass is 471 g/mol. The molecule has 1 aromatic heterocycles. The molecule has 0 aliphatic heterocycles. The fourth-order valence-electron chi connectivity index (χ4n) is 3.20. The van der Waals surface area contributed by atoms with Crippen molar-refractivity contribution in [1.82, 2.24) is 5.32 Å². The molecule has 0 bridgehead atoms. The zero-order valence-corrected chi connectivity index (χ0v) is 19.9. The summed E-state index contributed by atoms with van der Waals surface area (Å²) in [5, 5.41) is 3.29. The molecule has 0 aliphatic rings. The van der Waals surface area contributed by atoms with Crippen LogP contribution in [0.25, 0.3) is 22.1 Å². The summed E-state index contributed by atoms with van der Waals surface area (Å²) < 4.78 is 16.1. The number of fused-ring (bicyclic) bond motifs is 1. The van der Waals surface area contributed by atoms with Crippen LogP contribution in [0.3, 0.4) is 0 Å². The highest BCUT2D eigenvalue weighted by molar-refractivity contribution is 6.33. The summed E-state index contributed by atoms with van der Waals surface area (Å²) in [6.45, 7) is 8.69. The van der Waals surface area contributed by atoms with E-state index in [1.54, 1.807) is 40.7 Å². The maximum atomic E-state index is 12.9. The second-order valence-electron chi connectivity index (χ2n) is 8.91. The van der Waals surface area contributed by atoms with E-state index in [1.807, 2.05) is 30.3 Å². The minimum atomic E-state index is -0.978. The molecule has 1 amide bonds. The van der Waals surface area contributed by atoms with Gasteiger partial charge in [-0.05, 0) is 43.9 Å². The molecule has 3 rings (SSSR count). The van der Waals surface area contributed by atoms with Crippen molar-refractivity contribution >= 4 is 34.6 Å². The van der Waals surface area contributed by atoms with Crippen molar-refractivity contribution in [3.8, 4) is 16.9 Å². The molecule has 1 N–H and O–H groups in total. The third kappa shape index (κ3) is 6.14. The molecule has 0 spiro atoms. The van der Waals surface area contributed by atoms with E-state index < -0.39 is 29.3 Å². The van der Waals surface area contributed by atoms with E-state index in [1.165, 1.54) is 12.1 Å². The molecule has 2 aromatic carbocycles. The van der Waals surface area contributed by atoms with Gasteiger partial charge in [0, 0.05) is 17.5 Å². The Kier molecular flexibility index (Phi) is 7.12. The van der Waals surface area contributed by atoms with Crippen LogP contribution in [-0.4, -0.2) is 23.7 Å². The molecule has 33 heavy (non-hydrogen) atoms. The molecule has 8 heteroatoms. The zero-order chi connectivity index (χ0) is 24.3. The second-order valence-corrected chi connectivity index (χ2v) is 9.32. The van der Waals surface area contributed by atoms with Crippen LogP contribution < -0.4 is 15.7 Å². The molecule has 7 nitrogen and oxygen atoms in total. The fourth-order valence-corrected chi connectivity index (χ4v) is 3.40. The number of alkyl carbamates (subject to hydrolysis) is 1. The molecule has 0 aliphatic carbocycles. The van der Waals surface area contributed by atoms with Gasteiger partial charge in [0.25, 0.3) is 0 Å². The zero-order valence-electron chi connectivity index (χ0n) is 19.1. The van der Waals surface area contributed by atoms with Crippen molar-refractivity contribution in [2.75, 3.05) is 0 Å². The number of ether oxygens (including phenoxy) is 2. The van der Waals surface area contributed by atoms with Crippen molar-refractivity contribution in [2.24, 2.45) is 5.92 Å². The number of benzene rings is 2. The number of esters is 1. The summed E-state index contributed by atoms with van der Waals surface area (Å²) >= 11 is 6.41. The SMILES string of the molecule is CC(C)[C@@H](NC(=O)OC(C)(C)C)C(=O)Oc1cc2oc(=O)cc(-c3ccccc3)c2cc1Cl. The van der Waals surface area contributed by atoms with Crippen molar-refractivity contribution < 1.29 is 23.5 Å². The number of amides is 1. The van der Waals surface area contributed by atoms with Crippen LogP contribution >= 0.6 is 11.6 Å². The standard InChI is InChI=1S/C25H26ClNO6/c1-14(2)22(27-24(30)33-25(3,4)5)23(29)32-20-13-19-17(11-18(20)26)16(12-21(28)31-19)15-9-7-6-8-10-15/h6-14,22H,1-5H3,(H,27,30)/t22-/m1/s1. The molecule has 1 heterocycles. The van der Waals surface area contributed by atoms with Crippen molar-refractivity contribution in [3.63, 3.8) is 0 Å². The number of halogens is 1. The van der Waals surface area contributed by atoms with E-state index in [4.69, 9.17) is 25.5 Å². The van der Waals surface area contributed by atoms with Crippen LogP contribution in [0.5, 0.6) is 5.75 Å². The predicted molar refractivity (Wildman–Crippen MR) is 127 cm³/mol. The lowest BCUT2D eigenvalue weighted by molar-refractivity contribution is -0.137. The molecule has 0 saturated heterocycles. The van der Waals surface area contributed by atoms with Gasteiger partial charge in [-0.25, -0.2) is 14.4 Å². The average Bonchev–Trinajstić information content (AvgIpc) is 2.71. The molecule has 0 saturated carbocycles. The molecule has 174 valence electrons. The Labute approximate surface area is 196 Å². The first-order valence-corrected chi connectivity index (χ1v) is 10.9. The Bertz CT molecular complexity index is 1230. The largest absolute Gasteiger partial charge is 0.444 e. The molecular formula is C25H26ClNO6. The van der Waals surface area contributed by atoms with E-state index >= 15 is 0 Å². The lowest BCUT2D eigenvalue weighted by Crippen LogP contribution is -2.48. The summed E-state index contributed by atoms with van der Waals surface area (Å²) in [7, 11) is 0. The van der Waals surface area contributed by atoms with Crippen molar-refractivity contribution in [3.05, 3.63) is 64.0 Å². The molecule has 0 radical (unpaired) electrons. The molecule has 1 atom stereocenters. The number of carbonyl (C=O) groups is 2. The van der Waals surface area contributed by atoms with E-state index in [0.29, 0.717) is 10.9 Å². The third-order valence-corrected chi connectivity index (χ3v) is 4.98. The fraction of sp³-hybridized carbons (Fsp3) is 0.320. The van der Waals surface area contributed by atoms with Gasteiger partial charge >= 0.3 is 17.7 Å². The van der Waals surface area contributed by atoms with Gasteiger partial charge in [0.2, 0.25) is 0 Å². The van der Waals surface area contributed by atoms with Gasteiger partial charge in [-0.3, -0.25) is 0 Å². The summed E-state index contributed by atoms with van der Waals surface area (Å²) in [4.78, 5) is 37.2. The number of hydrogen-bond acceptors (Lipinski definition) is 6. The number of nitrogens with one attached hydrogen (secondary N) is 1. The highest BCUT2D eigenvalue weighted by atomic mass is 35.5. The molecule has 0 unspecified atom stereocenters. The van der Waals surface area contributed by atoms with E-state index in [0.717, 1.165) is 5.56 Å². The summed E-state index contributed by atoms with van der Waals surface area (Å²) in [5.74, 6) is -0.996. The van der Waals surface area contributed by atoms with Gasteiger partial charge in [-0.2, -0.15) is 0 Å². The topological polar surface area (TPSA) is 94.8 Å². The van der Waals surface area contributed by atoms with Gasteiger partial charge in [-0.1, -0.05) is 55.8 Å². The first-order valence-electron chi connectivity index (χ1n) is 10.5. The predicted octanol–water partition coefficient (Wildman–Crippen LogP) is 5.57. The van der Waals surface area contributed by atoms with Crippen LogP contribution in [0.2, 0.25) is 5.02 Å². The molecule has 0 fully saturated rings. The normalized spacial score (nSPS) is 12.5. The highest BCUT2D eigenvalue weighted by Gasteiger charge is 2.29. The van der Waals surface area contributed by atoms with E-state index in [-0.39, 0.29) is 22.3 Å². The van der Waals surface area contributed by atoms with Gasteiger partial charge in [0.05, 0.1) is 5.02 Å². The van der Waals surface area contributed by atoms with Crippen LogP contribution in [0.15, 0.2) is 57.7 Å². The quantitative estimate of drug-likeness (QED) is 0.297. The van der Waals surface area contributed by atoms with E-state index in [9.17, 15) is 14.4 Å². The Morgan fingerprint density at radius 2 is 1.73 bits per heavy atom. The minimum Gasteiger partial charge on any atom is -0.444 e. The van der Waals surface area contributed by atoms with Gasteiger partial charge in [0.15, 0.2) is 5.75 Å². The molecular weight excluding hydrogens is 446 g/mol. The Hall–Kier alpha value is -3.32. The maximum Gasteiger partial charge on any atom is 0.408 e. The van der Waals surface area contributed by atoms with Crippen LogP contribution in [0, 0.1) is 5.92 Å². The Morgan fingerprint density at radius 3 is 2.33 bits per heavy atom. The van der Waals surface area contributed by atoms with Crippen LogP contribution in [0.1, 0.15) is 34.6 Å². The number of hydrogen-bond donors (Lipinski definition) is 1. The lowest BCUT2D eigenvalue weighted by atomic mass is 10.0. The number of carbonyl (C=O) groups excluding carboxylic acids is 2. The average molecular weight is 472 g/mol. The van der Waals surface area contributed by atoms with Crippen LogP contribution in [-0.2, 0) is 9.53 Å². The highest BCUT2D eigenvalue weighted by Crippen LogP contribution is 2.35. The van der Waals surface area contributed by atoms with E-state index in [2.05, 4.69) is 5.32 Å². The summed E-state index contributed by atoms with van der Waals surface area (Å²) in [6, 6.07) is 12.7. The van der Waals surface area contributed by atoms with Crippen molar-refractivity contribution in [1.29, 1.82) is 0 Å². The first-order chi connectivity index (χ1) is 15.4. The lowest BCUT2D eigenvalue weighted by Gasteiger charge is -2.24. The summed E-state index contributed by atoms with van der Waals surface area (Å²) in [5.41, 5.74) is 0.416. The number of rotatable bonds is 5. The minimum absolute atomic E-state index is 0.0131. The Morgan fingerprint density at radius 1 is 1.06 bits per heavy atom. The smallest absolute Gasteiger partial charge is 0.408 e. The maximum absolute atomic E-state index is 12.9. The first kappa shape index (κ1) is 24.3. The van der Waals surface area contributed by atoms with Crippen molar-refractivity contribution in [2.45, 2.75) is 46.3 Å². The summed E-state index contributed by atoms with van der Waals surface area (Å²) in [6.07, 6.45) is -0.735. The van der Waals surface area contributed by atoms with Gasteiger partial charge in [-0.15, -0.1) is 0 Å². The van der Waals surface area contributed by atoms with Gasteiger partial charge < -0.3 is 19.2 Å². The second kappa shape index (κ2) is 9.67.